The second-order valence-corrected chi connectivity index (χ2v) is 10.7. The average Bonchev–Trinajstić information content (AvgIpc) is 3.55. The number of benzene rings is 2. The van der Waals surface area contributed by atoms with E-state index in [1.165, 1.54) is 29.0 Å². The summed E-state index contributed by atoms with van der Waals surface area (Å²) in [5.74, 6) is -0.464. The maximum atomic E-state index is 14.2. The van der Waals surface area contributed by atoms with Crippen molar-refractivity contribution in [2.45, 2.75) is 12.3 Å². The molecule has 2 unspecified atom stereocenters. The molecule has 3 aromatic rings. The van der Waals surface area contributed by atoms with E-state index in [1.807, 2.05) is 29.6 Å². The molecule has 8 heteroatoms. The van der Waals surface area contributed by atoms with Gasteiger partial charge in [0.25, 0.3) is 11.8 Å². The Bertz CT molecular complexity index is 1200. The van der Waals surface area contributed by atoms with Gasteiger partial charge in [-0.3, -0.25) is 9.59 Å². The summed E-state index contributed by atoms with van der Waals surface area (Å²) in [4.78, 5) is 29.8. The summed E-state index contributed by atoms with van der Waals surface area (Å²) in [6.07, 6.45) is 0.869. The summed E-state index contributed by atoms with van der Waals surface area (Å²) in [6.45, 7) is 3.90. The summed E-state index contributed by atoms with van der Waals surface area (Å²) < 4.78 is 14.2. The zero-order chi connectivity index (χ0) is 24.5. The first kappa shape index (κ1) is 24.0. The SMILES string of the molecule is NC(=O)c1sccc1[C@@H](CCN1CC2CN(C(=O)c3c(F)cccc3Cl)CC2C1)c1ccccc1. The molecule has 0 saturated carbocycles. The van der Waals surface area contributed by atoms with Crippen LogP contribution in [-0.2, 0) is 0 Å². The fourth-order valence-electron chi connectivity index (χ4n) is 5.59. The average molecular weight is 512 g/mol. The topological polar surface area (TPSA) is 66.6 Å². The largest absolute Gasteiger partial charge is 0.365 e. The van der Waals surface area contributed by atoms with Crippen LogP contribution in [0.5, 0.6) is 0 Å². The molecule has 1 aromatic heterocycles. The summed E-state index contributed by atoms with van der Waals surface area (Å²) in [7, 11) is 0. The first-order valence-corrected chi connectivity index (χ1v) is 13.1. The van der Waals surface area contributed by atoms with Gasteiger partial charge in [0, 0.05) is 32.1 Å². The van der Waals surface area contributed by atoms with Crippen LogP contribution in [-0.4, -0.2) is 54.3 Å². The van der Waals surface area contributed by atoms with Gasteiger partial charge in [-0.2, -0.15) is 0 Å². The molecule has 5 rings (SSSR count). The molecular weight excluding hydrogens is 485 g/mol. The van der Waals surface area contributed by atoms with Crippen LogP contribution in [0, 0.1) is 17.7 Å². The summed E-state index contributed by atoms with van der Waals surface area (Å²) in [5.41, 5.74) is 7.79. The van der Waals surface area contributed by atoms with E-state index in [4.69, 9.17) is 17.3 Å². The second-order valence-electron chi connectivity index (χ2n) is 9.41. The van der Waals surface area contributed by atoms with Crippen LogP contribution in [0.4, 0.5) is 4.39 Å². The molecule has 3 atom stereocenters. The van der Waals surface area contributed by atoms with Gasteiger partial charge in [-0.15, -0.1) is 11.3 Å². The number of halogens is 2. The number of rotatable bonds is 7. The van der Waals surface area contributed by atoms with E-state index in [0.717, 1.165) is 31.6 Å². The highest BCUT2D eigenvalue weighted by atomic mass is 35.5. The number of hydrogen-bond acceptors (Lipinski definition) is 4. The third-order valence-electron chi connectivity index (χ3n) is 7.26. The van der Waals surface area contributed by atoms with Crippen LogP contribution in [0.25, 0.3) is 0 Å². The first-order chi connectivity index (χ1) is 16.9. The molecule has 2 aromatic carbocycles. The Balaban J connectivity index is 1.24. The molecule has 5 nitrogen and oxygen atoms in total. The minimum Gasteiger partial charge on any atom is -0.365 e. The number of nitrogens with zero attached hydrogens (tertiary/aromatic N) is 2. The quantitative estimate of drug-likeness (QED) is 0.492. The van der Waals surface area contributed by atoms with Crippen LogP contribution in [0.3, 0.4) is 0 Å². The zero-order valence-electron chi connectivity index (χ0n) is 19.2. The summed E-state index contributed by atoms with van der Waals surface area (Å²) >= 11 is 7.51. The molecule has 2 saturated heterocycles. The van der Waals surface area contributed by atoms with E-state index in [2.05, 4.69) is 17.0 Å². The van der Waals surface area contributed by atoms with Gasteiger partial charge < -0.3 is 15.5 Å². The van der Waals surface area contributed by atoms with Gasteiger partial charge in [-0.25, -0.2) is 4.39 Å². The van der Waals surface area contributed by atoms with Crippen molar-refractivity contribution in [3.63, 3.8) is 0 Å². The van der Waals surface area contributed by atoms with E-state index in [9.17, 15) is 14.0 Å². The number of carbonyl (C=O) groups excluding carboxylic acids is 2. The molecule has 3 heterocycles. The normalized spacial score (nSPS) is 20.7. The van der Waals surface area contributed by atoms with Crippen molar-refractivity contribution in [3.05, 3.63) is 92.4 Å². The molecule has 2 amide bonds. The minimum absolute atomic E-state index is 0.0299. The van der Waals surface area contributed by atoms with E-state index in [0.29, 0.717) is 29.8 Å². The lowest BCUT2D eigenvalue weighted by molar-refractivity contribution is 0.0769. The van der Waals surface area contributed by atoms with Crippen molar-refractivity contribution in [3.8, 4) is 0 Å². The van der Waals surface area contributed by atoms with Crippen LogP contribution in [0.1, 0.15) is 43.5 Å². The summed E-state index contributed by atoms with van der Waals surface area (Å²) in [6, 6.07) is 16.6. The fourth-order valence-corrected chi connectivity index (χ4v) is 6.65. The lowest BCUT2D eigenvalue weighted by Gasteiger charge is -2.24. The molecule has 182 valence electrons. The second kappa shape index (κ2) is 10.1. The smallest absolute Gasteiger partial charge is 0.259 e. The number of carbonyl (C=O) groups is 2. The first-order valence-electron chi connectivity index (χ1n) is 11.8. The van der Waals surface area contributed by atoms with Crippen LogP contribution >= 0.6 is 22.9 Å². The number of hydrogen-bond donors (Lipinski definition) is 1. The van der Waals surface area contributed by atoms with Gasteiger partial charge >= 0.3 is 0 Å². The minimum atomic E-state index is -0.572. The van der Waals surface area contributed by atoms with Gasteiger partial charge in [0.1, 0.15) is 5.82 Å². The fraction of sp³-hybridized carbons (Fsp3) is 0.333. The van der Waals surface area contributed by atoms with Crippen LogP contribution < -0.4 is 5.73 Å². The number of likely N-dealkylation sites (tertiary alicyclic amines) is 2. The van der Waals surface area contributed by atoms with Crippen LogP contribution in [0.15, 0.2) is 60.0 Å². The monoisotopic (exact) mass is 511 g/mol. The van der Waals surface area contributed by atoms with Crippen LogP contribution in [0.2, 0.25) is 5.02 Å². The summed E-state index contributed by atoms with van der Waals surface area (Å²) in [5, 5.41) is 2.09. The molecule has 35 heavy (non-hydrogen) atoms. The predicted molar refractivity (Wildman–Crippen MR) is 136 cm³/mol. The van der Waals surface area contributed by atoms with E-state index in [1.54, 1.807) is 11.0 Å². The number of amides is 2. The van der Waals surface area contributed by atoms with Gasteiger partial charge in [0.15, 0.2) is 0 Å². The third kappa shape index (κ3) is 4.85. The van der Waals surface area contributed by atoms with Gasteiger partial charge in [0.05, 0.1) is 15.5 Å². The molecule has 0 bridgehead atoms. The Labute approximate surface area is 213 Å². The van der Waals surface area contributed by atoms with Gasteiger partial charge in [-0.05, 0) is 59.5 Å². The number of fused-ring (bicyclic) bond motifs is 1. The van der Waals surface area contributed by atoms with E-state index >= 15 is 0 Å². The van der Waals surface area contributed by atoms with Crippen molar-refractivity contribution in [2.75, 3.05) is 32.7 Å². The zero-order valence-corrected chi connectivity index (χ0v) is 20.8. The lowest BCUT2D eigenvalue weighted by Crippen LogP contribution is -2.34. The number of thiophene rings is 1. The lowest BCUT2D eigenvalue weighted by atomic mass is 9.88. The molecule has 0 radical (unpaired) electrons. The van der Waals surface area contributed by atoms with E-state index < -0.39 is 5.82 Å². The Hall–Kier alpha value is -2.74. The van der Waals surface area contributed by atoms with Gasteiger partial charge in [-0.1, -0.05) is 48.0 Å². The Morgan fingerprint density at radius 3 is 2.40 bits per heavy atom. The predicted octanol–water partition coefficient (Wildman–Crippen LogP) is 4.87. The number of primary amides is 1. The Morgan fingerprint density at radius 1 is 1.03 bits per heavy atom. The number of nitrogens with two attached hydrogens (primary N) is 1. The maximum absolute atomic E-state index is 14.2. The molecule has 2 aliphatic rings. The standard InChI is InChI=1S/C27H27ClFN3O2S/c28-22-7-4-8-23(29)24(22)27(34)32-15-18-13-31(14-19(18)16-32)11-9-20(17-5-2-1-3-6-17)21-10-12-35-25(21)26(30)33/h1-8,10,12,18-20H,9,11,13-16H2,(H2,30,33)/t18?,19?,20-/m0/s1. The Kier molecular flexibility index (Phi) is 6.91. The molecule has 0 aliphatic carbocycles. The van der Waals surface area contributed by atoms with Crippen molar-refractivity contribution in [2.24, 2.45) is 17.6 Å². The molecular formula is C27H27ClFN3O2S. The molecule has 2 aliphatic heterocycles. The molecule has 0 spiro atoms. The maximum Gasteiger partial charge on any atom is 0.259 e. The van der Waals surface area contributed by atoms with Crippen molar-refractivity contribution in [1.82, 2.24) is 9.80 Å². The van der Waals surface area contributed by atoms with E-state index in [-0.39, 0.29) is 28.3 Å². The third-order valence-corrected chi connectivity index (χ3v) is 8.52. The highest BCUT2D eigenvalue weighted by Crippen LogP contribution is 2.36. The highest BCUT2D eigenvalue weighted by molar-refractivity contribution is 7.12. The Morgan fingerprint density at radius 2 is 1.74 bits per heavy atom. The molecule has 2 N–H and O–H groups in total. The molecule has 2 fully saturated rings. The van der Waals surface area contributed by atoms with Crippen molar-refractivity contribution in [1.29, 1.82) is 0 Å². The van der Waals surface area contributed by atoms with Crippen molar-refractivity contribution >= 4 is 34.8 Å². The highest BCUT2D eigenvalue weighted by Gasteiger charge is 2.42. The van der Waals surface area contributed by atoms with Crippen molar-refractivity contribution < 1.29 is 14.0 Å². The van der Waals surface area contributed by atoms with Gasteiger partial charge in [0.2, 0.25) is 0 Å².